The van der Waals surface area contributed by atoms with E-state index in [0.29, 0.717) is 12.6 Å². The molecule has 0 heterocycles. The summed E-state index contributed by atoms with van der Waals surface area (Å²) in [7, 11) is -3.18. The first-order chi connectivity index (χ1) is 9.75. The molecule has 118 valence electrons. The molecule has 0 radical (unpaired) electrons. The standard InChI is InChI=1S/C16H25NO3S/c1-5-17-15(16(2,3)21(4,18)19)12-6-8-13(9-7-12)20-14-10-11-14/h6-9,14-15,17H,5,10-11H2,1-4H3. The zero-order valence-corrected chi connectivity index (χ0v) is 14.0. The molecule has 1 atom stereocenters. The Bertz CT molecular complexity index is 574. The second-order valence-corrected chi connectivity index (χ2v) is 8.85. The van der Waals surface area contributed by atoms with Gasteiger partial charge in [-0.15, -0.1) is 0 Å². The predicted molar refractivity (Wildman–Crippen MR) is 85.4 cm³/mol. The van der Waals surface area contributed by atoms with Crippen molar-refractivity contribution in [3.8, 4) is 5.75 Å². The van der Waals surface area contributed by atoms with Gasteiger partial charge in [0.25, 0.3) is 0 Å². The molecule has 0 saturated heterocycles. The monoisotopic (exact) mass is 311 g/mol. The van der Waals surface area contributed by atoms with E-state index in [1.165, 1.54) is 6.26 Å². The van der Waals surface area contributed by atoms with E-state index in [1.54, 1.807) is 13.8 Å². The Balaban J connectivity index is 2.24. The van der Waals surface area contributed by atoms with Crippen molar-refractivity contribution in [2.75, 3.05) is 12.8 Å². The van der Waals surface area contributed by atoms with Gasteiger partial charge in [0.15, 0.2) is 9.84 Å². The Hall–Kier alpha value is -1.07. The van der Waals surface area contributed by atoms with E-state index < -0.39 is 14.6 Å². The van der Waals surface area contributed by atoms with Crippen molar-refractivity contribution in [2.45, 2.75) is 50.5 Å². The first-order valence-corrected chi connectivity index (χ1v) is 9.34. The Morgan fingerprint density at radius 3 is 2.29 bits per heavy atom. The Morgan fingerprint density at radius 1 is 1.29 bits per heavy atom. The third-order valence-corrected chi connectivity index (χ3v) is 6.25. The molecule has 1 N–H and O–H groups in total. The quantitative estimate of drug-likeness (QED) is 0.841. The molecule has 0 aromatic heterocycles. The lowest BCUT2D eigenvalue weighted by atomic mass is 9.95. The highest BCUT2D eigenvalue weighted by Crippen LogP contribution is 2.34. The van der Waals surface area contributed by atoms with E-state index in [-0.39, 0.29) is 6.04 Å². The molecule has 4 nitrogen and oxygen atoms in total. The fourth-order valence-corrected chi connectivity index (χ4v) is 2.95. The molecule has 1 aromatic carbocycles. The van der Waals surface area contributed by atoms with Crippen molar-refractivity contribution < 1.29 is 13.2 Å². The van der Waals surface area contributed by atoms with Crippen LogP contribution in [0.15, 0.2) is 24.3 Å². The van der Waals surface area contributed by atoms with Crippen molar-refractivity contribution in [2.24, 2.45) is 0 Å². The minimum atomic E-state index is -3.18. The fourth-order valence-electron chi connectivity index (χ4n) is 2.30. The summed E-state index contributed by atoms with van der Waals surface area (Å²) in [6, 6.07) is 7.52. The molecule has 5 heteroatoms. The van der Waals surface area contributed by atoms with E-state index in [2.05, 4.69) is 5.32 Å². The van der Waals surface area contributed by atoms with Crippen molar-refractivity contribution >= 4 is 9.84 Å². The van der Waals surface area contributed by atoms with Crippen LogP contribution >= 0.6 is 0 Å². The highest BCUT2D eigenvalue weighted by atomic mass is 32.2. The summed E-state index contributed by atoms with van der Waals surface area (Å²) in [5, 5.41) is 3.30. The summed E-state index contributed by atoms with van der Waals surface area (Å²) >= 11 is 0. The molecule has 0 amide bonds. The van der Waals surface area contributed by atoms with Gasteiger partial charge in [0.05, 0.1) is 16.9 Å². The lowest BCUT2D eigenvalue weighted by Crippen LogP contribution is -2.44. The molecule has 2 rings (SSSR count). The summed E-state index contributed by atoms with van der Waals surface area (Å²) in [5.74, 6) is 0.855. The van der Waals surface area contributed by atoms with Gasteiger partial charge >= 0.3 is 0 Å². The Kier molecular flexibility index (Phi) is 4.63. The zero-order chi connectivity index (χ0) is 15.7. The van der Waals surface area contributed by atoms with Crippen LogP contribution in [0.4, 0.5) is 0 Å². The van der Waals surface area contributed by atoms with Crippen molar-refractivity contribution in [3.05, 3.63) is 29.8 Å². The van der Waals surface area contributed by atoms with Crippen LogP contribution in [0.2, 0.25) is 0 Å². The topological polar surface area (TPSA) is 55.4 Å². The van der Waals surface area contributed by atoms with Gasteiger partial charge in [0, 0.05) is 6.26 Å². The second-order valence-electron chi connectivity index (χ2n) is 6.25. The number of rotatable bonds is 7. The summed E-state index contributed by atoms with van der Waals surface area (Å²) < 4.78 is 29.1. The molecule has 0 bridgehead atoms. The van der Waals surface area contributed by atoms with Crippen LogP contribution in [0, 0.1) is 0 Å². The van der Waals surface area contributed by atoms with E-state index in [9.17, 15) is 8.42 Å². The van der Waals surface area contributed by atoms with Crippen molar-refractivity contribution in [1.29, 1.82) is 0 Å². The normalized spacial score (nSPS) is 17.5. The molecule has 1 saturated carbocycles. The molecule has 1 unspecified atom stereocenters. The van der Waals surface area contributed by atoms with Gasteiger partial charge in [0.2, 0.25) is 0 Å². The highest BCUT2D eigenvalue weighted by Gasteiger charge is 2.39. The SMILES string of the molecule is CCNC(c1ccc(OC2CC2)cc1)C(C)(C)S(C)(=O)=O. The van der Waals surface area contributed by atoms with Gasteiger partial charge in [-0.1, -0.05) is 19.1 Å². The molecular formula is C16H25NO3S. The maximum absolute atomic E-state index is 12.1. The first kappa shape index (κ1) is 16.3. The molecule has 0 spiro atoms. The zero-order valence-electron chi connectivity index (χ0n) is 13.2. The summed E-state index contributed by atoms with van der Waals surface area (Å²) in [6.07, 6.45) is 3.92. The first-order valence-electron chi connectivity index (χ1n) is 7.45. The minimum absolute atomic E-state index is 0.243. The summed E-state index contributed by atoms with van der Waals surface area (Å²) in [4.78, 5) is 0. The number of nitrogens with one attached hydrogen (secondary N) is 1. The van der Waals surface area contributed by atoms with Gasteiger partial charge in [0.1, 0.15) is 5.75 Å². The van der Waals surface area contributed by atoms with Gasteiger partial charge in [-0.3, -0.25) is 0 Å². The molecule has 1 aliphatic carbocycles. The molecular weight excluding hydrogens is 286 g/mol. The maximum atomic E-state index is 12.1. The number of sulfone groups is 1. The second kappa shape index (κ2) is 5.97. The summed E-state index contributed by atoms with van der Waals surface area (Å²) in [6.45, 7) is 6.23. The van der Waals surface area contributed by atoms with Gasteiger partial charge < -0.3 is 10.1 Å². The van der Waals surface area contributed by atoms with E-state index in [0.717, 1.165) is 24.2 Å². The summed E-state index contributed by atoms with van der Waals surface area (Å²) in [5.41, 5.74) is 0.968. The smallest absolute Gasteiger partial charge is 0.154 e. The fraction of sp³-hybridized carbons (Fsp3) is 0.625. The number of benzene rings is 1. The van der Waals surface area contributed by atoms with Gasteiger partial charge in [-0.2, -0.15) is 0 Å². The van der Waals surface area contributed by atoms with Gasteiger partial charge in [-0.25, -0.2) is 8.42 Å². The van der Waals surface area contributed by atoms with E-state index in [1.807, 2.05) is 31.2 Å². The van der Waals surface area contributed by atoms with Crippen LogP contribution in [0.1, 0.15) is 45.2 Å². The van der Waals surface area contributed by atoms with Crippen LogP contribution in [0.5, 0.6) is 5.75 Å². The maximum Gasteiger partial charge on any atom is 0.154 e. The third-order valence-electron chi connectivity index (χ3n) is 4.10. The average Bonchev–Trinajstić information content (AvgIpc) is 3.19. The molecule has 1 aliphatic rings. The minimum Gasteiger partial charge on any atom is -0.490 e. The highest BCUT2D eigenvalue weighted by molar-refractivity contribution is 7.92. The number of hydrogen-bond donors (Lipinski definition) is 1. The van der Waals surface area contributed by atoms with E-state index >= 15 is 0 Å². The number of ether oxygens (including phenoxy) is 1. The predicted octanol–water partition coefficient (Wildman–Crippen LogP) is 2.70. The van der Waals surface area contributed by atoms with Crippen LogP contribution in [0.3, 0.4) is 0 Å². The Morgan fingerprint density at radius 2 is 1.86 bits per heavy atom. The van der Waals surface area contributed by atoms with Crippen LogP contribution in [-0.2, 0) is 9.84 Å². The number of hydrogen-bond acceptors (Lipinski definition) is 4. The third kappa shape index (κ3) is 3.77. The van der Waals surface area contributed by atoms with E-state index in [4.69, 9.17) is 4.74 Å². The largest absolute Gasteiger partial charge is 0.490 e. The molecule has 1 aromatic rings. The lowest BCUT2D eigenvalue weighted by molar-refractivity contribution is 0.303. The average molecular weight is 311 g/mol. The Labute approximate surface area is 127 Å². The van der Waals surface area contributed by atoms with Crippen LogP contribution in [0.25, 0.3) is 0 Å². The van der Waals surface area contributed by atoms with Gasteiger partial charge in [-0.05, 0) is 50.9 Å². The molecule has 21 heavy (non-hydrogen) atoms. The lowest BCUT2D eigenvalue weighted by Gasteiger charge is -2.33. The van der Waals surface area contributed by atoms with Crippen LogP contribution < -0.4 is 10.1 Å². The van der Waals surface area contributed by atoms with Crippen molar-refractivity contribution in [3.63, 3.8) is 0 Å². The van der Waals surface area contributed by atoms with Crippen molar-refractivity contribution in [1.82, 2.24) is 5.32 Å². The molecule has 1 fully saturated rings. The van der Waals surface area contributed by atoms with Crippen LogP contribution in [-0.4, -0.2) is 32.1 Å². The molecule has 0 aliphatic heterocycles.